The molecule has 0 aliphatic carbocycles. The van der Waals surface area contributed by atoms with Crippen LogP contribution in [0.25, 0.3) is 0 Å². The third-order valence-electron chi connectivity index (χ3n) is 4.44. The van der Waals surface area contributed by atoms with Gasteiger partial charge in [0.1, 0.15) is 5.82 Å². The molecule has 0 aromatic heterocycles. The van der Waals surface area contributed by atoms with Gasteiger partial charge >= 0.3 is 0 Å². The second-order valence-corrected chi connectivity index (χ2v) is 7.29. The molecule has 0 unspecified atom stereocenters. The van der Waals surface area contributed by atoms with E-state index in [4.69, 9.17) is 14.2 Å². The fourth-order valence-corrected chi connectivity index (χ4v) is 4.29. The number of methoxy groups -OCH3 is 3. The van der Waals surface area contributed by atoms with Crippen molar-refractivity contribution in [1.29, 1.82) is 0 Å². The van der Waals surface area contributed by atoms with E-state index in [9.17, 15) is 9.18 Å². The maximum absolute atomic E-state index is 13.6. The number of thioether (sulfide) groups is 1. The Bertz CT molecular complexity index is 818. The van der Waals surface area contributed by atoms with Crippen LogP contribution in [0.5, 0.6) is 17.2 Å². The Balaban J connectivity index is 1.77. The highest BCUT2D eigenvalue weighted by molar-refractivity contribution is 7.99. The zero-order valence-electron chi connectivity index (χ0n) is 15.5. The van der Waals surface area contributed by atoms with E-state index in [1.165, 1.54) is 33.5 Å². The van der Waals surface area contributed by atoms with Crippen molar-refractivity contribution in [2.24, 2.45) is 0 Å². The molecule has 1 atom stereocenters. The van der Waals surface area contributed by atoms with Gasteiger partial charge in [-0.1, -0.05) is 0 Å². The van der Waals surface area contributed by atoms with Gasteiger partial charge in [0.05, 0.1) is 33.8 Å². The van der Waals surface area contributed by atoms with E-state index >= 15 is 0 Å². The van der Waals surface area contributed by atoms with Crippen molar-refractivity contribution in [3.8, 4) is 17.2 Å². The lowest BCUT2D eigenvalue weighted by molar-refractivity contribution is -0.121. The molecule has 27 heavy (non-hydrogen) atoms. The molecule has 1 heterocycles. The molecular formula is C20H22FNO4S. The van der Waals surface area contributed by atoms with Crippen LogP contribution in [0, 0.1) is 5.82 Å². The number of amides is 1. The smallest absolute Gasteiger partial charge is 0.224 e. The lowest BCUT2D eigenvalue weighted by atomic mass is 10.0. The van der Waals surface area contributed by atoms with E-state index in [2.05, 4.69) is 5.32 Å². The number of halogens is 1. The van der Waals surface area contributed by atoms with Crippen molar-refractivity contribution in [1.82, 2.24) is 5.32 Å². The number of ether oxygens (including phenoxy) is 3. The van der Waals surface area contributed by atoms with Crippen molar-refractivity contribution >= 4 is 17.7 Å². The lowest BCUT2D eigenvalue weighted by Crippen LogP contribution is -2.31. The quantitative estimate of drug-likeness (QED) is 0.813. The van der Waals surface area contributed by atoms with Gasteiger partial charge in [-0.2, -0.15) is 0 Å². The second kappa shape index (κ2) is 8.52. The van der Waals surface area contributed by atoms with Crippen LogP contribution in [0.2, 0.25) is 0 Å². The number of rotatable bonds is 6. The van der Waals surface area contributed by atoms with Crippen LogP contribution in [0.1, 0.15) is 23.6 Å². The summed E-state index contributed by atoms with van der Waals surface area (Å²) in [6.07, 6.45) is 0.924. The van der Waals surface area contributed by atoms with E-state index < -0.39 is 0 Å². The highest BCUT2D eigenvalue weighted by Gasteiger charge is 2.23. The number of hydrogen-bond acceptors (Lipinski definition) is 5. The van der Waals surface area contributed by atoms with E-state index in [1.54, 1.807) is 30.0 Å². The number of hydrogen-bond donors (Lipinski definition) is 1. The first-order valence-electron chi connectivity index (χ1n) is 8.56. The van der Waals surface area contributed by atoms with Crippen LogP contribution >= 0.6 is 11.8 Å². The Hall–Kier alpha value is -2.41. The molecule has 144 valence electrons. The molecule has 0 fully saturated rings. The number of carbonyl (C=O) groups is 1. The van der Waals surface area contributed by atoms with Crippen molar-refractivity contribution in [2.45, 2.75) is 23.8 Å². The minimum atomic E-state index is -0.292. The van der Waals surface area contributed by atoms with E-state index in [-0.39, 0.29) is 24.2 Å². The predicted molar refractivity (Wildman–Crippen MR) is 102 cm³/mol. The SMILES string of the molecule is COc1cc(CC(=O)N[C@H]2CCSc3ccc(F)cc32)cc(OC)c1OC. The third kappa shape index (κ3) is 4.30. The van der Waals surface area contributed by atoms with Crippen molar-refractivity contribution in [3.05, 3.63) is 47.3 Å². The van der Waals surface area contributed by atoms with E-state index in [0.717, 1.165) is 28.2 Å². The Labute approximate surface area is 162 Å². The Morgan fingerprint density at radius 2 is 1.85 bits per heavy atom. The van der Waals surface area contributed by atoms with E-state index in [1.807, 2.05) is 0 Å². The molecule has 2 aromatic carbocycles. The molecule has 3 rings (SSSR count). The molecule has 0 radical (unpaired) electrons. The number of nitrogens with one attached hydrogen (secondary N) is 1. The molecule has 1 aliphatic heterocycles. The minimum absolute atomic E-state index is 0.142. The Morgan fingerprint density at radius 1 is 1.15 bits per heavy atom. The van der Waals surface area contributed by atoms with Gasteiger partial charge in [-0.05, 0) is 47.9 Å². The van der Waals surface area contributed by atoms with Gasteiger partial charge in [0.2, 0.25) is 11.7 Å². The van der Waals surface area contributed by atoms with E-state index in [0.29, 0.717) is 17.2 Å². The van der Waals surface area contributed by atoms with Crippen LogP contribution in [0.15, 0.2) is 35.2 Å². The van der Waals surface area contributed by atoms with Crippen LogP contribution in [0.4, 0.5) is 4.39 Å². The molecule has 0 bridgehead atoms. The lowest BCUT2D eigenvalue weighted by Gasteiger charge is -2.26. The van der Waals surface area contributed by atoms with Gasteiger partial charge in [-0.3, -0.25) is 4.79 Å². The average Bonchev–Trinajstić information content (AvgIpc) is 2.67. The van der Waals surface area contributed by atoms with Gasteiger partial charge < -0.3 is 19.5 Å². The molecule has 2 aromatic rings. The predicted octanol–water partition coefficient (Wildman–Crippen LogP) is 3.75. The summed E-state index contributed by atoms with van der Waals surface area (Å²) in [5.74, 6) is 1.94. The van der Waals surface area contributed by atoms with Crippen molar-refractivity contribution in [3.63, 3.8) is 0 Å². The summed E-state index contributed by atoms with van der Waals surface area (Å²) in [5.41, 5.74) is 1.58. The molecule has 7 heteroatoms. The normalized spacial score (nSPS) is 15.6. The minimum Gasteiger partial charge on any atom is -0.493 e. The highest BCUT2D eigenvalue weighted by atomic mass is 32.2. The van der Waals surface area contributed by atoms with Gasteiger partial charge in [0.25, 0.3) is 0 Å². The standard InChI is InChI=1S/C20H22FNO4S/c1-24-16-8-12(9-17(25-2)20(16)26-3)10-19(23)22-15-6-7-27-18-5-4-13(21)11-14(15)18/h4-5,8-9,11,15H,6-7,10H2,1-3H3,(H,22,23)/t15-/m0/s1. The summed E-state index contributed by atoms with van der Waals surface area (Å²) in [6, 6.07) is 8.05. The molecule has 5 nitrogen and oxygen atoms in total. The highest BCUT2D eigenvalue weighted by Crippen LogP contribution is 2.39. The largest absolute Gasteiger partial charge is 0.493 e. The third-order valence-corrected chi connectivity index (χ3v) is 5.56. The number of fused-ring (bicyclic) bond motifs is 1. The Kier molecular flexibility index (Phi) is 6.11. The zero-order chi connectivity index (χ0) is 19.4. The van der Waals surface area contributed by atoms with Crippen LogP contribution in [-0.2, 0) is 11.2 Å². The summed E-state index contributed by atoms with van der Waals surface area (Å²) in [4.78, 5) is 13.6. The van der Waals surface area contributed by atoms with Gasteiger partial charge in [-0.25, -0.2) is 4.39 Å². The topological polar surface area (TPSA) is 56.8 Å². The number of carbonyl (C=O) groups excluding carboxylic acids is 1. The maximum Gasteiger partial charge on any atom is 0.224 e. The van der Waals surface area contributed by atoms with Crippen molar-refractivity contribution < 1.29 is 23.4 Å². The Morgan fingerprint density at radius 3 is 2.48 bits per heavy atom. The monoisotopic (exact) mass is 391 g/mol. The first kappa shape index (κ1) is 19.4. The average molecular weight is 391 g/mol. The maximum atomic E-state index is 13.6. The molecule has 1 aliphatic rings. The first-order valence-corrected chi connectivity index (χ1v) is 9.54. The summed E-state index contributed by atoms with van der Waals surface area (Å²) >= 11 is 1.68. The molecule has 1 N–H and O–H groups in total. The summed E-state index contributed by atoms with van der Waals surface area (Å²) in [6.45, 7) is 0. The first-order chi connectivity index (χ1) is 13.0. The van der Waals surface area contributed by atoms with Gasteiger partial charge in [0.15, 0.2) is 11.5 Å². The van der Waals surface area contributed by atoms with Crippen LogP contribution in [0.3, 0.4) is 0 Å². The summed E-state index contributed by atoms with van der Waals surface area (Å²) in [5, 5.41) is 3.02. The summed E-state index contributed by atoms with van der Waals surface area (Å²) in [7, 11) is 4.60. The zero-order valence-corrected chi connectivity index (χ0v) is 16.3. The second-order valence-electron chi connectivity index (χ2n) is 6.15. The fourth-order valence-electron chi connectivity index (χ4n) is 3.18. The molecule has 0 saturated carbocycles. The van der Waals surface area contributed by atoms with Crippen LogP contribution < -0.4 is 19.5 Å². The van der Waals surface area contributed by atoms with Gasteiger partial charge in [-0.15, -0.1) is 11.8 Å². The molecule has 0 spiro atoms. The van der Waals surface area contributed by atoms with Crippen molar-refractivity contribution in [2.75, 3.05) is 27.1 Å². The fraction of sp³-hybridized carbons (Fsp3) is 0.350. The number of benzene rings is 2. The molecular weight excluding hydrogens is 369 g/mol. The van der Waals surface area contributed by atoms with Crippen LogP contribution in [-0.4, -0.2) is 33.0 Å². The molecule has 0 saturated heterocycles. The summed E-state index contributed by atoms with van der Waals surface area (Å²) < 4.78 is 29.6. The van der Waals surface area contributed by atoms with Gasteiger partial charge in [0, 0.05) is 10.6 Å². The molecule has 1 amide bonds.